The summed E-state index contributed by atoms with van der Waals surface area (Å²) in [5.41, 5.74) is 0.103. The van der Waals surface area contributed by atoms with Crippen LogP contribution in [0.3, 0.4) is 0 Å². The number of nitrogens with zero attached hydrogens (tertiary/aromatic N) is 2. The van der Waals surface area contributed by atoms with Crippen LogP contribution in [0.1, 0.15) is 10.5 Å². The van der Waals surface area contributed by atoms with Gasteiger partial charge in [-0.1, -0.05) is 0 Å². The highest BCUT2D eigenvalue weighted by Gasteiger charge is 2.13. The van der Waals surface area contributed by atoms with Gasteiger partial charge in [0.05, 0.1) is 3.79 Å². The van der Waals surface area contributed by atoms with Crippen LogP contribution < -0.4 is 0 Å². The Morgan fingerprint density at radius 2 is 2.38 bits per heavy atom. The Morgan fingerprint density at radius 1 is 1.69 bits per heavy atom. The lowest BCUT2D eigenvalue weighted by atomic mass is 10.5. The fraction of sp³-hybridized carbons (Fsp3) is 0. The Kier molecular flexibility index (Phi) is 2.94. The van der Waals surface area contributed by atoms with Gasteiger partial charge in [-0.15, -0.1) is 23.7 Å². The number of carboxylic acid groups (broad SMARTS) is 1. The Labute approximate surface area is 91.8 Å². The Bertz CT molecular complexity index is 452. The highest BCUT2D eigenvalue weighted by Crippen LogP contribution is 2.25. The zero-order chi connectivity index (χ0) is 8.72. The van der Waals surface area contributed by atoms with Crippen molar-refractivity contribution >= 4 is 50.5 Å². The maximum atomic E-state index is 10.6. The molecule has 0 fully saturated rings. The molecule has 7 heteroatoms. The molecule has 0 aliphatic rings. The van der Waals surface area contributed by atoms with E-state index in [4.69, 9.17) is 5.11 Å². The minimum absolute atomic E-state index is 0. The van der Waals surface area contributed by atoms with E-state index in [-0.39, 0.29) is 18.1 Å². The number of rotatable bonds is 1. The molecule has 0 spiro atoms. The summed E-state index contributed by atoms with van der Waals surface area (Å²) in [5, 5.41) is 8.70. The third kappa shape index (κ3) is 1.70. The summed E-state index contributed by atoms with van der Waals surface area (Å²) in [7, 11) is 0. The molecule has 2 heterocycles. The third-order valence-corrected chi connectivity index (χ3v) is 2.97. The van der Waals surface area contributed by atoms with E-state index in [9.17, 15) is 4.79 Å². The number of carbonyl (C=O) groups is 1. The van der Waals surface area contributed by atoms with Gasteiger partial charge in [0, 0.05) is 6.20 Å². The molecule has 0 radical (unpaired) electrons. The number of halogens is 2. The summed E-state index contributed by atoms with van der Waals surface area (Å²) in [6, 6.07) is 0. The predicted molar refractivity (Wildman–Crippen MR) is 55.0 cm³/mol. The molecule has 0 saturated heterocycles. The van der Waals surface area contributed by atoms with Gasteiger partial charge < -0.3 is 5.11 Å². The number of hydrogen-bond acceptors (Lipinski definition) is 3. The highest BCUT2D eigenvalue weighted by atomic mass is 79.9. The van der Waals surface area contributed by atoms with Gasteiger partial charge in [0.25, 0.3) is 0 Å². The first kappa shape index (κ1) is 10.5. The minimum Gasteiger partial charge on any atom is -0.476 e. The topological polar surface area (TPSA) is 54.6 Å². The van der Waals surface area contributed by atoms with Crippen LogP contribution in [0.5, 0.6) is 0 Å². The second-order valence-corrected chi connectivity index (χ2v) is 4.56. The van der Waals surface area contributed by atoms with E-state index in [0.717, 1.165) is 3.79 Å². The van der Waals surface area contributed by atoms with Crippen molar-refractivity contribution in [3.8, 4) is 0 Å². The number of imidazole rings is 1. The standard InChI is InChI=1S/C6H3BrN2O2S.ClH/c7-3-1-9-2-8-4(6(10)11)5(9)12-3;/h1-2H,(H,10,11);1H. The maximum absolute atomic E-state index is 10.6. The van der Waals surface area contributed by atoms with Crippen molar-refractivity contribution in [3.63, 3.8) is 0 Å². The second kappa shape index (κ2) is 3.65. The van der Waals surface area contributed by atoms with Crippen LogP contribution in [0.4, 0.5) is 0 Å². The number of aromatic carboxylic acids is 1. The molecule has 1 N–H and O–H groups in total. The maximum Gasteiger partial charge on any atom is 0.357 e. The van der Waals surface area contributed by atoms with Crippen LogP contribution in [0.25, 0.3) is 4.83 Å². The van der Waals surface area contributed by atoms with E-state index in [1.54, 1.807) is 10.6 Å². The molecule has 0 atom stereocenters. The van der Waals surface area contributed by atoms with E-state index in [0.29, 0.717) is 4.83 Å². The molecule has 0 aromatic carbocycles. The van der Waals surface area contributed by atoms with E-state index < -0.39 is 5.97 Å². The lowest BCUT2D eigenvalue weighted by Crippen LogP contribution is -1.95. The molecule has 0 aliphatic heterocycles. The average Bonchev–Trinajstić information content (AvgIpc) is 2.43. The van der Waals surface area contributed by atoms with E-state index in [1.165, 1.54) is 17.7 Å². The summed E-state index contributed by atoms with van der Waals surface area (Å²) >= 11 is 4.61. The first-order valence-electron chi connectivity index (χ1n) is 3.04. The summed E-state index contributed by atoms with van der Waals surface area (Å²) in [6.07, 6.45) is 3.26. The normalized spacial score (nSPS) is 9.92. The summed E-state index contributed by atoms with van der Waals surface area (Å²) in [4.78, 5) is 15.0. The minimum atomic E-state index is -0.994. The molecule has 0 aliphatic carbocycles. The molecule has 0 bridgehead atoms. The Morgan fingerprint density at radius 3 is 3.00 bits per heavy atom. The summed E-state index contributed by atoms with van der Waals surface area (Å²) < 4.78 is 2.57. The molecule has 0 amide bonds. The molecule has 0 unspecified atom stereocenters. The van der Waals surface area contributed by atoms with Crippen LogP contribution in [0.15, 0.2) is 16.3 Å². The smallest absolute Gasteiger partial charge is 0.357 e. The number of carboxylic acids is 1. The van der Waals surface area contributed by atoms with Crippen LogP contribution >= 0.6 is 39.7 Å². The zero-order valence-corrected chi connectivity index (χ0v) is 9.32. The quantitative estimate of drug-likeness (QED) is 0.873. The fourth-order valence-electron chi connectivity index (χ4n) is 0.918. The van der Waals surface area contributed by atoms with Gasteiger partial charge in [-0.2, -0.15) is 0 Å². The van der Waals surface area contributed by atoms with Crippen molar-refractivity contribution < 1.29 is 9.90 Å². The van der Waals surface area contributed by atoms with Gasteiger partial charge in [-0.3, -0.25) is 4.40 Å². The van der Waals surface area contributed by atoms with Gasteiger partial charge in [0.1, 0.15) is 11.2 Å². The first-order valence-corrected chi connectivity index (χ1v) is 4.64. The van der Waals surface area contributed by atoms with E-state index >= 15 is 0 Å². The molecule has 4 nitrogen and oxygen atoms in total. The van der Waals surface area contributed by atoms with Crippen molar-refractivity contribution in [2.24, 2.45) is 0 Å². The monoisotopic (exact) mass is 282 g/mol. The number of hydrogen-bond donors (Lipinski definition) is 1. The molecule has 70 valence electrons. The van der Waals surface area contributed by atoms with Gasteiger partial charge >= 0.3 is 5.97 Å². The van der Waals surface area contributed by atoms with Crippen LogP contribution in [0.2, 0.25) is 0 Å². The molecular weight excluding hydrogens is 280 g/mol. The lowest BCUT2D eigenvalue weighted by Gasteiger charge is -1.82. The Hall–Kier alpha value is -0.590. The largest absolute Gasteiger partial charge is 0.476 e. The van der Waals surface area contributed by atoms with Crippen molar-refractivity contribution in [2.45, 2.75) is 0 Å². The van der Waals surface area contributed by atoms with Crippen LogP contribution in [-0.2, 0) is 0 Å². The number of fused-ring (bicyclic) bond motifs is 1. The lowest BCUT2D eigenvalue weighted by molar-refractivity contribution is 0.0693. The fourth-order valence-corrected chi connectivity index (χ4v) is 2.39. The first-order chi connectivity index (χ1) is 5.68. The molecule has 13 heavy (non-hydrogen) atoms. The van der Waals surface area contributed by atoms with Crippen molar-refractivity contribution in [3.05, 3.63) is 22.0 Å². The zero-order valence-electron chi connectivity index (χ0n) is 6.10. The van der Waals surface area contributed by atoms with Gasteiger partial charge in [-0.25, -0.2) is 9.78 Å². The van der Waals surface area contributed by atoms with Gasteiger partial charge in [0.15, 0.2) is 5.69 Å². The molecule has 0 saturated carbocycles. The SMILES string of the molecule is Cl.O=C(O)c1ncn2cc(Br)sc12. The molecule has 2 aromatic rings. The van der Waals surface area contributed by atoms with Crippen molar-refractivity contribution in [2.75, 3.05) is 0 Å². The third-order valence-electron chi connectivity index (χ3n) is 1.39. The molecular formula is C6H4BrClN2O2S. The van der Waals surface area contributed by atoms with Crippen molar-refractivity contribution in [1.29, 1.82) is 0 Å². The van der Waals surface area contributed by atoms with E-state index in [1.807, 2.05) is 0 Å². The van der Waals surface area contributed by atoms with Crippen LogP contribution in [0, 0.1) is 0 Å². The van der Waals surface area contributed by atoms with E-state index in [2.05, 4.69) is 20.9 Å². The summed E-state index contributed by atoms with van der Waals surface area (Å²) in [6.45, 7) is 0. The number of thiazole rings is 1. The van der Waals surface area contributed by atoms with Crippen molar-refractivity contribution in [1.82, 2.24) is 9.38 Å². The number of aromatic nitrogens is 2. The van der Waals surface area contributed by atoms with Gasteiger partial charge in [-0.05, 0) is 15.9 Å². The Balaban J connectivity index is 0.000000845. The summed E-state index contributed by atoms with van der Waals surface area (Å²) in [5.74, 6) is -0.994. The molecule has 2 aromatic heterocycles. The second-order valence-electron chi connectivity index (χ2n) is 2.15. The van der Waals surface area contributed by atoms with Gasteiger partial charge in [0.2, 0.25) is 0 Å². The predicted octanol–water partition coefficient (Wildman–Crippen LogP) is 2.28. The van der Waals surface area contributed by atoms with Crippen LogP contribution in [-0.4, -0.2) is 20.5 Å². The molecule has 2 rings (SSSR count). The highest BCUT2D eigenvalue weighted by molar-refractivity contribution is 9.11. The average molecular weight is 284 g/mol.